The number of benzene rings is 1. The van der Waals surface area contributed by atoms with E-state index in [0.29, 0.717) is 45.9 Å². The van der Waals surface area contributed by atoms with Crippen molar-refractivity contribution in [2.75, 3.05) is 57.4 Å². The number of phenolic OH excluding ortho intramolecular Hbond substituents is 1. The molecule has 2 saturated heterocycles. The van der Waals surface area contributed by atoms with E-state index in [1.54, 1.807) is 4.90 Å². The SMILES string of the molecule is O=C1c2c(N3CCOCC3)nc(-c3c(O)cccc3F)c(F)c2OC[C@H]2CNCCN12. The number of aromatic hydroxyl groups is 1. The van der Waals surface area contributed by atoms with Crippen molar-refractivity contribution in [2.24, 2.45) is 0 Å². The summed E-state index contributed by atoms with van der Waals surface area (Å²) in [5, 5.41) is 13.5. The summed E-state index contributed by atoms with van der Waals surface area (Å²) in [5.41, 5.74) is -0.720. The predicted octanol–water partition coefficient (Wildman–Crippen LogP) is 1.38. The largest absolute Gasteiger partial charge is 0.507 e. The van der Waals surface area contributed by atoms with Crippen LogP contribution in [0.5, 0.6) is 11.5 Å². The van der Waals surface area contributed by atoms with Crippen LogP contribution in [0.3, 0.4) is 0 Å². The van der Waals surface area contributed by atoms with Crippen molar-refractivity contribution in [3.8, 4) is 22.8 Å². The van der Waals surface area contributed by atoms with E-state index in [2.05, 4.69) is 10.3 Å². The Bertz CT molecular complexity index is 1010. The van der Waals surface area contributed by atoms with Crippen molar-refractivity contribution in [1.82, 2.24) is 15.2 Å². The number of pyridine rings is 1. The molecule has 4 heterocycles. The minimum atomic E-state index is -0.964. The highest BCUT2D eigenvalue weighted by atomic mass is 19.1. The monoisotopic (exact) mass is 432 g/mol. The first-order valence-electron chi connectivity index (χ1n) is 10.2. The summed E-state index contributed by atoms with van der Waals surface area (Å²) in [6, 6.07) is 3.45. The third-order valence-corrected chi connectivity index (χ3v) is 5.86. The molecule has 0 unspecified atom stereocenters. The summed E-state index contributed by atoms with van der Waals surface area (Å²) in [7, 11) is 0. The molecule has 0 aliphatic carbocycles. The molecule has 0 bridgehead atoms. The van der Waals surface area contributed by atoms with Crippen LogP contribution < -0.4 is 15.0 Å². The smallest absolute Gasteiger partial charge is 0.261 e. The van der Waals surface area contributed by atoms with E-state index < -0.39 is 17.4 Å². The molecule has 1 amide bonds. The van der Waals surface area contributed by atoms with Gasteiger partial charge in [0.15, 0.2) is 11.6 Å². The maximum Gasteiger partial charge on any atom is 0.261 e. The Kier molecular flexibility index (Phi) is 5.11. The minimum Gasteiger partial charge on any atom is -0.507 e. The third-order valence-electron chi connectivity index (χ3n) is 5.86. The Morgan fingerprint density at radius 1 is 1.16 bits per heavy atom. The molecule has 8 nitrogen and oxygen atoms in total. The zero-order chi connectivity index (χ0) is 21.5. The second-order valence-corrected chi connectivity index (χ2v) is 7.70. The second-order valence-electron chi connectivity index (χ2n) is 7.70. The average Bonchev–Trinajstić information content (AvgIpc) is 2.93. The maximum atomic E-state index is 15.7. The second kappa shape index (κ2) is 7.93. The molecule has 5 rings (SSSR count). The van der Waals surface area contributed by atoms with E-state index in [-0.39, 0.29) is 46.9 Å². The normalized spacial score (nSPS) is 21.2. The number of phenols is 1. The summed E-state index contributed by atoms with van der Waals surface area (Å²) < 4.78 is 41.5. The van der Waals surface area contributed by atoms with Gasteiger partial charge in [0.2, 0.25) is 0 Å². The summed E-state index contributed by atoms with van der Waals surface area (Å²) in [5.74, 6) is -2.64. The number of amides is 1. The van der Waals surface area contributed by atoms with Crippen molar-refractivity contribution >= 4 is 11.7 Å². The van der Waals surface area contributed by atoms with E-state index in [0.717, 1.165) is 6.07 Å². The van der Waals surface area contributed by atoms with Crippen molar-refractivity contribution < 1.29 is 28.2 Å². The molecule has 2 fully saturated rings. The van der Waals surface area contributed by atoms with Gasteiger partial charge in [0.1, 0.15) is 35.2 Å². The fourth-order valence-electron chi connectivity index (χ4n) is 4.28. The summed E-state index contributed by atoms with van der Waals surface area (Å²) >= 11 is 0. The van der Waals surface area contributed by atoms with Crippen LogP contribution in [0, 0.1) is 11.6 Å². The lowest BCUT2D eigenvalue weighted by molar-refractivity contribution is 0.0605. The number of morpholine rings is 1. The van der Waals surface area contributed by atoms with Gasteiger partial charge in [-0.15, -0.1) is 0 Å². The lowest BCUT2D eigenvalue weighted by atomic mass is 10.0. The Morgan fingerprint density at radius 3 is 2.74 bits per heavy atom. The first-order chi connectivity index (χ1) is 15.1. The molecular weight excluding hydrogens is 410 g/mol. The van der Waals surface area contributed by atoms with Crippen LogP contribution in [0.15, 0.2) is 18.2 Å². The van der Waals surface area contributed by atoms with Crippen molar-refractivity contribution in [1.29, 1.82) is 0 Å². The standard InChI is InChI=1S/C21H22F2N4O4/c22-13-2-1-3-14(28)15(13)18-17(23)19-16(20(25-18)26-6-8-30-9-7-26)21(29)27-5-4-24-10-12(27)11-31-19/h1-3,12,24,28H,4-11H2/t12-/m1/s1. The van der Waals surface area contributed by atoms with E-state index >= 15 is 4.39 Å². The zero-order valence-corrected chi connectivity index (χ0v) is 16.7. The molecule has 1 aromatic carbocycles. The number of fused-ring (bicyclic) bond motifs is 2. The molecule has 10 heteroatoms. The van der Waals surface area contributed by atoms with E-state index in [1.165, 1.54) is 12.1 Å². The molecule has 1 aromatic heterocycles. The molecule has 0 radical (unpaired) electrons. The molecule has 0 saturated carbocycles. The van der Waals surface area contributed by atoms with Crippen molar-refractivity contribution in [3.05, 3.63) is 35.4 Å². The van der Waals surface area contributed by atoms with Crippen LogP contribution >= 0.6 is 0 Å². The molecule has 31 heavy (non-hydrogen) atoms. The van der Waals surface area contributed by atoms with Crippen LogP contribution in [-0.2, 0) is 4.74 Å². The van der Waals surface area contributed by atoms with Crippen LogP contribution in [0.25, 0.3) is 11.3 Å². The van der Waals surface area contributed by atoms with Crippen LogP contribution in [0.1, 0.15) is 10.4 Å². The van der Waals surface area contributed by atoms with Crippen LogP contribution in [0.2, 0.25) is 0 Å². The molecule has 2 aromatic rings. The lowest BCUT2D eigenvalue weighted by Gasteiger charge is -2.34. The predicted molar refractivity (Wildman–Crippen MR) is 107 cm³/mol. The highest BCUT2D eigenvalue weighted by molar-refractivity contribution is 6.03. The number of halogens is 2. The molecule has 3 aliphatic rings. The quantitative estimate of drug-likeness (QED) is 0.741. The van der Waals surface area contributed by atoms with Crippen molar-refractivity contribution in [2.45, 2.75) is 6.04 Å². The Morgan fingerprint density at radius 2 is 1.97 bits per heavy atom. The number of piperazine rings is 1. The average molecular weight is 432 g/mol. The number of ether oxygens (including phenoxy) is 2. The fraction of sp³-hybridized carbons (Fsp3) is 0.429. The Balaban J connectivity index is 1.73. The van der Waals surface area contributed by atoms with Gasteiger partial charge in [-0.25, -0.2) is 13.8 Å². The summed E-state index contributed by atoms with van der Waals surface area (Å²) in [4.78, 5) is 21.4. The van der Waals surface area contributed by atoms with Crippen LogP contribution in [0.4, 0.5) is 14.6 Å². The summed E-state index contributed by atoms with van der Waals surface area (Å²) in [6.45, 7) is 3.42. The zero-order valence-electron chi connectivity index (χ0n) is 16.7. The third kappa shape index (κ3) is 3.35. The number of hydrogen-bond acceptors (Lipinski definition) is 7. The van der Waals surface area contributed by atoms with E-state index in [4.69, 9.17) is 9.47 Å². The number of anilines is 1. The summed E-state index contributed by atoms with van der Waals surface area (Å²) in [6.07, 6.45) is 0. The van der Waals surface area contributed by atoms with Gasteiger partial charge in [-0.3, -0.25) is 4.79 Å². The van der Waals surface area contributed by atoms with Gasteiger partial charge in [0.05, 0.1) is 24.8 Å². The molecule has 0 spiro atoms. The van der Waals surface area contributed by atoms with E-state index in [1.807, 2.05) is 4.90 Å². The number of rotatable bonds is 2. The molecule has 3 aliphatic heterocycles. The van der Waals surface area contributed by atoms with Gasteiger partial charge < -0.3 is 29.7 Å². The van der Waals surface area contributed by atoms with Gasteiger partial charge in [-0.1, -0.05) is 6.07 Å². The van der Waals surface area contributed by atoms with Gasteiger partial charge in [-0.2, -0.15) is 0 Å². The Hall–Kier alpha value is -2.98. The fourth-order valence-corrected chi connectivity index (χ4v) is 4.28. The first kappa shape index (κ1) is 20.0. The highest BCUT2D eigenvalue weighted by Crippen LogP contribution is 2.42. The van der Waals surface area contributed by atoms with Crippen molar-refractivity contribution in [3.63, 3.8) is 0 Å². The van der Waals surface area contributed by atoms with Crippen LogP contribution in [-0.4, -0.2) is 79.5 Å². The number of carbonyl (C=O) groups excluding carboxylic acids is 1. The minimum absolute atomic E-state index is 0.0309. The van der Waals surface area contributed by atoms with Gasteiger partial charge in [-0.05, 0) is 12.1 Å². The van der Waals surface area contributed by atoms with Gasteiger partial charge in [0.25, 0.3) is 5.91 Å². The number of nitrogens with one attached hydrogen (secondary N) is 1. The number of aromatic nitrogens is 1. The van der Waals surface area contributed by atoms with Gasteiger partial charge >= 0.3 is 0 Å². The van der Waals surface area contributed by atoms with Gasteiger partial charge in [0, 0.05) is 32.7 Å². The molecule has 1 atom stereocenters. The lowest BCUT2D eigenvalue weighted by Crippen LogP contribution is -2.55. The number of nitrogens with zero attached hydrogens (tertiary/aromatic N) is 3. The topological polar surface area (TPSA) is 87.2 Å². The van der Waals surface area contributed by atoms with E-state index in [9.17, 15) is 14.3 Å². The maximum absolute atomic E-state index is 15.7. The number of hydrogen-bond donors (Lipinski definition) is 2. The molecular formula is C21H22F2N4O4. The molecule has 2 N–H and O–H groups in total. The Labute approximate surface area is 177 Å². The highest BCUT2D eigenvalue weighted by Gasteiger charge is 2.39. The first-order valence-corrected chi connectivity index (χ1v) is 10.2. The number of carbonyl (C=O) groups is 1. The molecule has 164 valence electrons.